The average molecular weight is 418 g/mol. The zero-order valence-corrected chi connectivity index (χ0v) is 17.5. The number of allylic oxidation sites excluding steroid dienone is 1. The number of nitrogens with one attached hydrogen (secondary N) is 1. The summed E-state index contributed by atoms with van der Waals surface area (Å²) in [7, 11) is 2.99. The summed E-state index contributed by atoms with van der Waals surface area (Å²) in [4.78, 5) is 43.2. The number of pyridine rings is 1. The van der Waals surface area contributed by atoms with Gasteiger partial charge in [-0.2, -0.15) is 0 Å². The first kappa shape index (κ1) is 20.3. The maximum atomic E-state index is 13.2. The molecular weight excluding hydrogens is 396 g/mol. The van der Waals surface area contributed by atoms with E-state index < -0.39 is 23.1 Å². The Morgan fingerprint density at radius 2 is 1.77 bits per heavy atom. The van der Waals surface area contributed by atoms with E-state index >= 15 is 0 Å². The molecular formula is C23H22N4O4. The molecule has 0 radical (unpaired) electrons. The molecule has 1 aliphatic heterocycles. The number of fused-ring (bicyclic) bond motifs is 1. The molecule has 0 saturated carbocycles. The highest BCUT2D eigenvalue weighted by Crippen LogP contribution is 2.39. The first-order valence-electron chi connectivity index (χ1n) is 9.79. The molecule has 1 N–H and O–H groups in total. The van der Waals surface area contributed by atoms with Gasteiger partial charge in [-0.05, 0) is 24.6 Å². The van der Waals surface area contributed by atoms with Gasteiger partial charge in [0.05, 0.1) is 22.7 Å². The first-order chi connectivity index (χ1) is 14.9. The topological polar surface area (TPSA) is 95.2 Å². The molecule has 2 aromatic heterocycles. The van der Waals surface area contributed by atoms with Crippen molar-refractivity contribution in [2.75, 3.05) is 5.32 Å². The fourth-order valence-electron chi connectivity index (χ4n) is 3.80. The lowest BCUT2D eigenvalue weighted by atomic mass is 9.84. The third-order valence-electron chi connectivity index (χ3n) is 5.40. The Bertz CT molecular complexity index is 1290. The second-order valence-corrected chi connectivity index (χ2v) is 7.38. The standard InChI is InChI=1S/C23H22N4O4/c1-14-17(22(29)31-13-15-9-5-4-6-10-15)18(16-11-7-8-12-24-16)19-20(25-14)26(2)23(30)27(3)21(19)28/h4-12,18,25H,13H2,1-3H3/t18-/m0/s1. The Morgan fingerprint density at radius 1 is 1.06 bits per heavy atom. The molecule has 8 heteroatoms. The first-order valence-corrected chi connectivity index (χ1v) is 9.79. The van der Waals surface area contributed by atoms with Gasteiger partial charge < -0.3 is 10.1 Å². The number of ether oxygens (including phenoxy) is 1. The summed E-state index contributed by atoms with van der Waals surface area (Å²) in [6.45, 7) is 1.82. The van der Waals surface area contributed by atoms with Crippen LogP contribution in [0.2, 0.25) is 0 Å². The number of rotatable bonds is 4. The van der Waals surface area contributed by atoms with E-state index in [0.717, 1.165) is 10.1 Å². The highest BCUT2D eigenvalue weighted by molar-refractivity contribution is 5.94. The van der Waals surface area contributed by atoms with Crippen LogP contribution in [0.15, 0.2) is 75.6 Å². The zero-order valence-electron chi connectivity index (χ0n) is 17.5. The van der Waals surface area contributed by atoms with Crippen molar-refractivity contribution >= 4 is 11.8 Å². The normalized spacial score (nSPS) is 15.3. The Kier molecular flexibility index (Phi) is 5.29. The maximum absolute atomic E-state index is 13.2. The molecule has 0 bridgehead atoms. The number of esters is 1. The van der Waals surface area contributed by atoms with Crippen LogP contribution in [0.1, 0.15) is 29.7 Å². The van der Waals surface area contributed by atoms with Crippen LogP contribution in [0, 0.1) is 0 Å². The average Bonchev–Trinajstić information content (AvgIpc) is 2.80. The van der Waals surface area contributed by atoms with Gasteiger partial charge >= 0.3 is 11.7 Å². The minimum atomic E-state index is -0.772. The number of carbonyl (C=O) groups excluding carboxylic acids is 1. The predicted octanol–water partition coefficient (Wildman–Crippen LogP) is 2.05. The molecule has 31 heavy (non-hydrogen) atoms. The minimum absolute atomic E-state index is 0.101. The fourth-order valence-corrected chi connectivity index (χ4v) is 3.80. The van der Waals surface area contributed by atoms with Crippen LogP contribution in [0.25, 0.3) is 0 Å². The van der Waals surface area contributed by atoms with Crippen LogP contribution >= 0.6 is 0 Å². The molecule has 8 nitrogen and oxygen atoms in total. The zero-order chi connectivity index (χ0) is 22.1. The quantitative estimate of drug-likeness (QED) is 0.652. The number of hydrogen-bond acceptors (Lipinski definition) is 6. The predicted molar refractivity (Wildman–Crippen MR) is 116 cm³/mol. The summed E-state index contributed by atoms with van der Waals surface area (Å²) in [5.41, 5.74) is 1.50. The van der Waals surface area contributed by atoms with Gasteiger partial charge in [0, 0.05) is 26.0 Å². The fraction of sp³-hybridized carbons (Fsp3) is 0.217. The van der Waals surface area contributed by atoms with Crippen LogP contribution in [0.4, 0.5) is 5.82 Å². The summed E-state index contributed by atoms with van der Waals surface area (Å²) in [6, 6.07) is 14.7. The van der Waals surface area contributed by atoms with Gasteiger partial charge in [0.15, 0.2) is 0 Å². The number of benzene rings is 1. The number of hydrogen-bond donors (Lipinski definition) is 1. The minimum Gasteiger partial charge on any atom is -0.457 e. The second kappa shape index (κ2) is 8.06. The van der Waals surface area contributed by atoms with E-state index in [1.54, 1.807) is 38.4 Å². The van der Waals surface area contributed by atoms with Crippen molar-refractivity contribution in [1.82, 2.24) is 14.1 Å². The lowest BCUT2D eigenvalue weighted by Crippen LogP contribution is -2.43. The number of carbonyl (C=O) groups is 1. The van der Waals surface area contributed by atoms with E-state index in [0.29, 0.717) is 17.2 Å². The lowest BCUT2D eigenvalue weighted by molar-refractivity contribution is -0.140. The van der Waals surface area contributed by atoms with Gasteiger partial charge in [-0.3, -0.25) is 18.9 Å². The SMILES string of the molecule is CC1=C(C(=O)OCc2ccccc2)[C@H](c2ccccn2)c2c(n(C)c(=O)n(C)c2=O)N1. The third-order valence-corrected chi connectivity index (χ3v) is 5.40. The van der Waals surface area contributed by atoms with E-state index in [9.17, 15) is 14.4 Å². The van der Waals surface area contributed by atoms with Crippen molar-refractivity contribution in [2.24, 2.45) is 14.1 Å². The van der Waals surface area contributed by atoms with E-state index in [1.165, 1.54) is 11.6 Å². The molecule has 1 aromatic carbocycles. The van der Waals surface area contributed by atoms with Crippen LogP contribution in [0.3, 0.4) is 0 Å². The molecule has 0 aliphatic carbocycles. The molecule has 3 heterocycles. The van der Waals surface area contributed by atoms with Crippen molar-refractivity contribution in [1.29, 1.82) is 0 Å². The summed E-state index contributed by atoms with van der Waals surface area (Å²) in [5.74, 6) is -0.974. The van der Waals surface area contributed by atoms with Crippen LogP contribution in [-0.2, 0) is 30.2 Å². The lowest BCUT2D eigenvalue weighted by Gasteiger charge is -2.30. The number of aromatic nitrogens is 3. The maximum Gasteiger partial charge on any atom is 0.337 e. The summed E-state index contributed by atoms with van der Waals surface area (Å²) < 4.78 is 7.98. The van der Waals surface area contributed by atoms with Crippen LogP contribution in [0.5, 0.6) is 0 Å². The van der Waals surface area contributed by atoms with Crippen LogP contribution < -0.4 is 16.6 Å². The molecule has 0 unspecified atom stereocenters. The molecule has 0 fully saturated rings. The van der Waals surface area contributed by atoms with Crippen molar-refractivity contribution in [3.8, 4) is 0 Å². The molecule has 1 atom stereocenters. The summed E-state index contributed by atoms with van der Waals surface area (Å²) in [6.07, 6.45) is 1.60. The van der Waals surface area contributed by atoms with Crippen molar-refractivity contribution in [3.63, 3.8) is 0 Å². The molecule has 158 valence electrons. The molecule has 4 rings (SSSR count). The monoisotopic (exact) mass is 418 g/mol. The van der Waals surface area contributed by atoms with Gasteiger partial charge in [-0.1, -0.05) is 36.4 Å². The van der Waals surface area contributed by atoms with Gasteiger partial charge in [0.1, 0.15) is 12.4 Å². The van der Waals surface area contributed by atoms with E-state index in [2.05, 4.69) is 10.3 Å². The Morgan fingerprint density at radius 3 is 2.45 bits per heavy atom. The highest BCUT2D eigenvalue weighted by Gasteiger charge is 2.38. The molecule has 0 amide bonds. The Balaban J connectivity index is 1.84. The van der Waals surface area contributed by atoms with Crippen LogP contribution in [-0.4, -0.2) is 20.1 Å². The third kappa shape index (κ3) is 3.56. The molecule has 1 aliphatic rings. The van der Waals surface area contributed by atoms with E-state index in [4.69, 9.17) is 4.74 Å². The Hall–Kier alpha value is -3.94. The molecule has 0 saturated heterocycles. The highest BCUT2D eigenvalue weighted by atomic mass is 16.5. The van der Waals surface area contributed by atoms with Gasteiger partial charge in [0.25, 0.3) is 5.56 Å². The van der Waals surface area contributed by atoms with Crippen molar-refractivity contribution in [3.05, 3.63) is 104 Å². The Labute approximate surface area is 178 Å². The second-order valence-electron chi connectivity index (χ2n) is 7.38. The molecule has 3 aromatic rings. The van der Waals surface area contributed by atoms with Crippen molar-refractivity contribution in [2.45, 2.75) is 19.4 Å². The van der Waals surface area contributed by atoms with Gasteiger partial charge in [-0.25, -0.2) is 9.59 Å². The number of nitrogens with zero attached hydrogens (tertiary/aromatic N) is 3. The van der Waals surface area contributed by atoms with E-state index in [-0.39, 0.29) is 17.7 Å². The number of anilines is 1. The smallest absolute Gasteiger partial charge is 0.337 e. The van der Waals surface area contributed by atoms with Crippen molar-refractivity contribution < 1.29 is 9.53 Å². The van der Waals surface area contributed by atoms with Gasteiger partial charge in [0.2, 0.25) is 0 Å². The summed E-state index contributed by atoms with van der Waals surface area (Å²) in [5, 5.41) is 3.07. The summed E-state index contributed by atoms with van der Waals surface area (Å²) >= 11 is 0. The van der Waals surface area contributed by atoms with Gasteiger partial charge in [-0.15, -0.1) is 0 Å². The van der Waals surface area contributed by atoms with E-state index in [1.807, 2.05) is 30.3 Å². The largest absolute Gasteiger partial charge is 0.457 e. The molecule has 0 spiro atoms.